The Morgan fingerprint density at radius 3 is 3.00 bits per heavy atom. The molecule has 19 heavy (non-hydrogen) atoms. The van der Waals surface area contributed by atoms with E-state index in [1.807, 2.05) is 0 Å². The number of ether oxygens (including phenoxy) is 1. The Hall–Kier alpha value is -1.33. The van der Waals surface area contributed by atoms with Crippen molar-refractivity contribution in [2.45, 2.75) is 12.8 Å². The summed E-state index contributed by atoms with van der Waals surface area (Å²) in [6.45, 7) is 1.78. The van der Waals surface area contributed by atoms with Gasteiger partial charge in [0.05, 0.1) is 11.6 Å². The zero-order chi connectivity index (χ0) is 13.7. The number of aromatic nitrogens is 1. The predicted molar refractivity (Wildman–Crippen MR) is 74.7 cm³/mol. The van der Waals surface area contributed by atoms with Crippen molar-refractivity contribution in [1.82, 2.24) is 10.3 Å². The first kappa shape index (κ1) is 14.1. The van der Waals surface area contributed by atoms with Crippen LogP contribution in [0.2, 0.25) is 5.02 Å². The van der Waals surface area contributed by atoms with Gasteiger partial charge in [0, 0.05) is 20.2 Å². The van der Waals surface area contributed by atoms with Crippen LogP contribution in [-0.4, -0.2) is 37.7 Å². The van der Waals surface area contributed by atoms with E-state index in [1.54, 1.807) is 19.2 Å². The fourth-order valence-electron chi connectivity index (χ4n) is 1.60. The van der Waals surface area contributed by atoms with Gasteiger partial charge in [-0.3, -0.25) is 4.79 Å². The maximum atomic E-state index is 11.9. The third-order valence-electron chi connectivity index (χ3n) is 2.90. The van der Waals surface area contributed by atoms with Crippen LogP contribution >= 0.6 is 11.6 Å². The maximum Gasteiger partial charge on any atom is 0.271 e. The number of nitrogens with zero attached hydrogens (tertiary/aromatic N) is 1. The molecule has 0 saturated heterocycles. The van der Waals surface area contributed by atoms with Crippen molar-refractivity contribution < 1.29 is 9.53 Å². The molecule has 1 amide bonds. The lowest BCUT2D eigenvalue weighted by Crippen LogP contribution is -2.28. The van der Waals surface area contributed by atoms with E-state index in [2.05, 4.69) is 15.6 Å². The van der Waals surface area contributed by atoms with Crippen LogP contribution < -0.4 is 10.6 Å². The van der Waals surface area contributed by atoms with Gasteiger partial charge in [0.25, 0.3) is 5.91 Å². The Morgan fingerprint density at radius 1 is 1.53 bits per heavy atom. The van der Waals surface area contributed by atoms with Gasteiger partial charge in [0.1, 0.15) is 11.5 Å². The van der Waals surface area contributed by atoms with Crippen molar-refractivity contribution in [2.75, 3.05) is 32.1 Å². The fraction of sp³-hybridized carbons (Fsp3) is 0.538. The van der Waals surface area contributed by atoms with Gasteiger partial charge in [-0.15, -0.1) is 0 Å². The van der Waals surface area contributed by atoms with Gasteiger partial charge in [-0.2, -0.15) is 0 Å². The molecule has 0 spiro atoms. The number of anilines is 1. The molecule has 1 aliphatic carbocycles. The number of halogens is 1. The molecule has 0 aliphatic heterocycles. The lowest BCUT2D eigenvalue weighted by Gasteiger charge is -2.08. The van der Waals surface area contributed by atoms with E-state index in [0.29, 0.717) is 24.0 Å². The Balaban J connectivity index is 1.77. The summed E-state index contributed by atoms with van der Waals surface area (Å²) in [6.07, 6.45) is 2.53. The van der Waals surface area contributed by atoms with Gasteiger partial charge < -0.3 is 15.4 Å². The topological polar surface area (TPSA) is 63.2 Å². The van der Waals surface area contributed by atoms with Gasteiger partial charge in [-0.1, -0.05) is 11.6 Å². The Bertz CT molecular complexity index is 450. The minimum atomic E-state index is -0.280. The highest BCUT2D eigenvalue weighted by atomic mass is 35.5. The van der Waals surface area contributed by atoms with E-state index in [4.69, 9.17) is 16.3 Å². The minimum absolute atomic E-state index is 0.232. The molecule has 5 nitrogen and oxygen atoms in total. The largest absolute Gasteiger partial charge is 0.379 e. The molecular formula is C13H18ClN3O2. The van der Waals surface area contributed by atoms with Crippen molar-refractivity contribution in [3.8, 4) is 0 Å². The number of pyridine rings is 1. The normalized spacial score (nSPS) is 14.2. The lowest BCUT2D eigenvalue weighted by molar-refractivity contribution is 0.0902. The van der Waals surface area contributed by atoms with Gasteiger partial charge >= 0.3 is 0 Å². The van der Waals surface area contributed by atoms with Crippen molar-refractivity contribution in [3.05, 3.63) is 22.8 Å². The van der Waals surface area contributed by atoms with Crippen LogP contribution in [0.15, 0.2) is 12.1 Å². The first-order chi connectivity index (χ1) is 9.20. The molecule has 0 unspecified atom stereocenters. The van der Waals surface area contributed by atoms with Gasteiger partial charge in [0.2, 0.25) is 0 Å². The first-order valence-electron chi connectivity index (χ1n) is 6.41. The fourth-order valence-corrected chi connectivity index (χ4v) is 1.79. The standard InChI is InChI=1S/C13H18ClN3O2/c1-15-11-5-4-10(14)12(17-11)13(18)16-6-7-19-8-9-2-3-9/h4-5,9H,2-3,6-8H2,1H3,(H,15,17)(H,16,18). The summed E-state index contributed by atoms with van der Waals surface area (Å²) in [7, 11) is 1.74. The molecule has 1 aliphatic rings. The number of carbonyl (C=O) groups excluding carboxylic acids is 1. The lowest BCUT2D eigenvalue weighted by atomic mass is 10.3. The number of hydrogen-bond acceptors (Lipinski definition) is 4. The number of rotatable bonds is 7. The zero-order valence-corrected chi connectivity index (χ0v) is 11.7. The number of nitrogens with one attached hydrogen (secondary N) is 2. The molecule has 0 atom stereocenters. The van der Waals surface area contributed by atoms with E-state index < -0.39 is 0 Å². The quantitative estimate of drug-likeness (QED) is 0.751. The second-order valence-electron chi connectivity index (χ2n) is 4.55. The average Bonchev–Trinajstić information content (AvgIpc) is 3.23. The highest BCUT2D eigenvalue weighted by Crippen LogP contribution is 2.28. The van der Waals surface area contributed by atoms with Crippen LogP contribution in [0.4, 0.5) is 5.82 Å². The third kappa shape index (κ3) is 4.36. The van der Waals surface area contributed by atoms with Crippen molar-refractivity contribution in [2.24, 2.45) is 5.92 Å². The van der Waals surface area contributed by atoms with Crippen LogP contribution in [0.5, 0.6) is 0 Å². The molecule has 1 fully saturated rings. The predicted octanol–water partition coefficient (Wildman–Crippen LogP) is 1.93. The van der Waals surface area contributed by atoms with E-state index in [0.717, 1.165) is 12.5 Å². The minimum Gasteiger partial charge on any atom is -0.379 e. The molecule has 2 N–H and O–H groups in total. The number of carbonyl (C=O) groups is 1. The van der Waals surface area contributed by atoms with Gasteiger partial charge in [-0.05, 0) is 30.9 Å². The van der Waals surface area contributed by atoms with E-state index in [-0.39, 0.29) is 11.6 Å². The summed E-state index contributed by atoms with van der Waals surface area (Å²) >= 11 is 5.96. The average molecular weight is 284 g/mol. The van der Waals surface area contributed by atoms with Crippen molar-refractivity contribution in [3.63, 3.8) is 0 Å². The SMILES string of the molecule is CNc1ccc(Cl)c(C(=O)NCCOCC2CC2)n1. The molecule has 104 valence electrons. The van der Waals surface area contributed by atoms with E-state index in [1.165, 1.54) is 12.8 Å². The summed E-state index contributed by atoms with van der Waals surface area (Å²) in [5, 5.41) is 5.96. The summed E-state index contributed by atoms with van der Waals surface area (Å²) < 4.78 is 5.44. The molecule has 6 heteroatoms. The summed E-state index contributed by atoms with van der Waals surface area (Å²) in [4.78, 5) is 16.0. The maximum absolute atomic E-state index is 11.9. The molecule has 2 rings (SSSR count). The summed E-state index contributed by atoms with van der Waals surface area (Å²) in [5.41, 5.74) is 0.232. The molecule has 1 aromatic heterocycles. The van der Waals surface area contributed by atoms with Crippen molar-refractivity contribution in [1.29, 1.82) is 0 Å². The van der Waals surface area contributed by atoms with Crippen LogP contribution in [0.25, 0.3) is 0 Å². The monoisotopic (exact) mass is 283 g/mol. The van der Waals surface area contributed by atoms with Gasteiger partial charge in [0.15, 0.2) is 0 Å². The second-order valence-corrected chi connectivity index (χ2v) is 4.96. The smallest absolute Gasteiger partial charge is 0.271 e. The number of hydrogen-bond donors (Lipinski definition) is 2. The Kier molecular flexibility index (Phi) is 4.99. The number of amides is 1. The zero-order valence-electron chi connectivity index (χ0n) is 10.9. The van der Waals surface area contributed by atoms with Crippen LogP contribution in [0.3, 0.4) is 0 Å². The van der Waals surface area contributed by atoms with Crippen molar-refractivity contribution >= 4 is 23.3 Å². The highest BCUT2D eigenvalue weighted by molar-refractivity contribution is 6.33. The summed E-state index contributed by atoms with van der Waals surface area (Å²) in [5.74, 6) is 1.07. The Labute approximate surface area is 117 Å². The van der Waals surface area contributed by atoms with Crippen LogP contribution in [-0.2, 0) is 4.74 Å². The molecule has 1 aromatic rings. The molecule has 1 saturated carbocycles. The van der Waals surface area contributed by atoms with E-state index >= 15 is 0 Å². The molecular weight excluding hydrogens is 266 g/mol. The second kappa shape index (κ2) is 6.73. The third-order valence-corrected chi connectivity index (χ3v) is 3.20. The van der Waals surface area contributed by atoms with Gasteiger partial charge in [-0.25, -0.2) is 4.98 Å². The van der Waals surface area contributed by atoms with Crippen LogP contribution in [0.1, 0.15) is 23.3 Å². The molecule has 0 radical (unpaired) electrons. The molecule has 0 aromatic carbocycles. The van der Waals surface area contributed by atoms with Crippen LogP contribution in [0, 0.1) is 5.92 Å². The Morgan fingerprint density at radius 2 is 2.32 bits per heavy atom. The summed E-state index contributed by atoms with van der Waals surface area (Å²) in [6, 6.07) is 3.37. The molecule has 1 heterocycles. The van der Waals surface area contributed by atoms with E-state index in [9.17, 15) is 4.79 Å². The first-order valence-corrected chi connectivity index (χ1v) is 6.78. The highest BCUT2D eigenvalue weighted by Gasteiger charge is 2.21. The molecule has 0 bridgehead atoms.